The van der Waals surface area contributed by atoms with E-state index in [0.29, 0.717) is 19.3 Å². The predicted octanol–water partition coefficient (Wildman–Crippen LogP) is 21.8. The van der Waals surface area contributed by atoms with Gasteiger partial charge in [0.1, 0.15) is 13.2 Å². The summed E-state index contributed by atoms with van der Waals surface area (Å²) < 4.78 is 16.9. The van der Waals surface area contributed by atoms with Gasteiger partial charge >= 0.3 is 17.9 Å². The fraction of sp³-hybridized carbons (Fsp3) is 0.648. The third-order valence-corrected chi connectivity index (χ3v) is 13.1. The third-order valence-electron chi connectivity index (χ3n) is 13.1. The van der Waals surface area contributed by atoms with Crippen molar-refractivity contribution in [3.05, 3.63) is 134 Å². The second-order valence-corrected chi connectivity index (χ2v) is 20.5. The van der Waals surface area contributed by atoms with E-state index in [4.69, 9.17) is 14.2 Å². The van der Waals surface area contributed by atoms with Gasteiger partial charge in [-0.15, -0.1) is 0 Å². The summed E-state index contributed by atoms with van der Waals surface area (Å²) in [6.07, 6.45) is 90.1. The number of unbranched alkanes of at least 4 members (excludes halogenated alkanes) is 23. The number of allylic oxidation sites excluding steroid dienone is 22. The van der Waals surface area contributed by atoms with Crippen molar-refractivity contribution in [2.24, 2.45) is 0 Å². The van der Waals surface area contributed by atoms with Gasteiger partial charge in [-0.25, -0.2) is 0 Å². The highest BCUT2D eigenvalue weighted by molar-refractivity contribution is 5.71. The van der Waals surface area contributed by atoms with Crippen LogP contribution in [0, 0.1) is 0 Å². The minimum atomic E-state index is -0.800. The monoisotopic (exact) mass is 1060 g/mol. The fourth-order valence-electron chi connectivity index (χ4n) is 8.43. The lowest BCUT2D eigenvalue weighted by Crippen LogP contribution is -2.30. The lowest BCUT2D eigenvalue weighted by Gasteiger charge is -2.18. The summed E-state index contributed by atoms with van der Waals surface area (Å²) in [5.41, 5.74) is 0. The van der Waals surface area contributed by atoms with E-state index in [1.54, 1.807) is 0 Å². The van der Waals surface area contributed by atoms with Crippen molar-refractivity contribution >= 4 is 17.9 Å². The molecule has 0 bridgehead atoms. The Labute approximate surface area is 475 Å². The molecule has 0 aliphatic heterocycles. The molecule has 0 rings (SSSR count). The Kier molecular flexibility index (Phi) is 60.4. The molecule has 0 spiro atoms. The average Bonchev–Trinajstić information content (AvgIpc) is 3.43. The molecule has 0 aliphatic rings. The van der Waals surface area contributed by atoms with E-state index in [9.17, 15) is 14.4 Å². The molecule has 0 fully saturated rings. The van der Waals surface area contributed by atoms with Crippen LogP contribution in [0.5, 0.6) is 0 Å². The first-order valence-corrected chi connectivity index (χ1v) is 31.7. The highest BCUT2D eigenvalue weighted by Gasteiger charge is 2.19. The summed E-state index contributed by atoms with van der Waals surface area (Å²) in [6.45, 7) is 6.37. The maximum absolute atomic E-state index is 12.9. The molecule has 0 amide bonds. The number of ether oxygens (including phenoxy) is 3. The minimum Gasteiger partial charge on any atom is -0.462 e. The molecule has 0 aromatic carbocycles. The van der Waals surface area contributed by atoms with Gasteiger partial charge in [-0.3, -0.25) is 14.4 Å². The van der Waals surface area contributed by atoms with Crippen molar-refractivity contribution < 1.29 is 28.6 Å². The van der Waals surface area contributed by atoms with Crippen LogP contribution in [-0.2, 0) is 28.6 Å². The van der Waals surface area contributed by atoms with Gasteiger partial charge in [0.25, 0.3) is 0 Å². The number of esters is 3. The van der Waals surface area contributed by atoms with E-state index < -0.39 is 6.10 Å². The Hall–Kier alpha value is -4.45. The zero-order valence-electron chi connectivity index (χ0n) is 49.9. The van der Waals surface area contributed by atoms with Crippen molar-refractivity contribution in [2.75, 3.05) is 13.2 Å². The van der Waals surface area contributed by atoms with Crippen LogP contribution >= 0.6 is 0 Å². The highest BCUT2D eigenvalue weighted by atomic mass is 16.6. The van der Waals surface area contributed by atoms with Gasteiger partial charge < -0.3 is 14.2 Å². The second-order valence-electron chi connectivity index (χ2n) is 20.5. The lowest BCUT2D eigenvalue weighted by molar-refractivity contribution is -0.167. The Morgan fingerprint density at radius 1 is 0.273 bits per heavy atom. The van der Waals surface area contributed by atoms with E-state index in [1.807, 2.05) is 0 Å². The molecule has 436 valence electrons. The van der Waals surface area contributed by atoms with Gasteiger partial charge in [0.05, 0.1) is 0 Å². The second kappa shape index (κ2) is 64.1. The molecule has 1 unspecified atom stereocenters. The Morgan fingerprint density at radius 3 is 0.792 bits per heavy atom. The van der Waals surface area contributed by atoms with Gasteiger partial charge in [0.15, 0.2) is 6.10 Å². The summed E-state index contributed by atoms with van der Waals surface area (Å²) >= 11 is 0. The molecule has 77 heavy (non-hydrogen) atoms. The molecular formula is C71H116O6. The predicted molar refractivity (Wildman–Crippen MR) is 334 cm³/mol. The van der Waals surface area contributed by atoms with Gasteiger partial charge in [-0.2, -0.15) is 0 Å². The summed E-state index contributed by atoms with van der Waals surface area (Å²) in [5.74, 6) is -0.925. The number of hydrogen-bond acceptors (Lipinski definition) is 6. The molecule has 0 saturated carbocycles. The first-order valence-electron chi connectivity index (χ1n) is 31.7. The topological polar surface area (TPSA) is 78.9 Å². The highest BCUT2D eigenvalue weighted by Crippen LogP contribution is 2.15. The molecule has 0 saturated heterocycles. The molecule has 0 radical (unpaired) electrons. The van der Waals surface area contributed by atoms with Crippen LogP contribution in [0.3, 0.4) is 0 Å². The summed E-state index contributed by atoms with van der Waals surface area (Å²) in [4.78, 5) is 38.3. The van der Waals surface area contributed by atoms with Crippen LogP contribution in [0.25, 0.3) is 0 Å². The van der Waals surface area contributed by atoms with Gasteiger partial charge in [0.2, 0.25) is 0 Å². The molecule has 0 N–H and O–H groups in total. The first-order chi connectivity index (χ1) is 38.0. The van der Waals surface area contributed by atoms with E-state index in [-0.39, 0.29) is 31.1 Å². The zero-order chi connectivity index (χ0) is 55.7. The van der Waals surface area contributed by atoms with Crippen molar-refractivity contribution in [1.82, 2.24) is 0 Å². The minimum absolute atomic E-state index is 0.0955. The summed E-state index contributed by atoms with van der Waals surface area (Å²) in [6, 6.07) is 0. The van der Waals surface area contributed by atoms with Gasteiger partial charge in [-0.05, 0) is 135 Å². The van der Waals surface area contributed by atoms with E-state index in [1.165, 1.54) is 83.5 Å². The van der Waals surface area contributed by atoms with Crippen LogP contribution in [0.15, 0.2) is 134 Å². The summed E-state index contributed by atoms with van der Waals surface area (Å²) in [5, 5.41) is 0. The largest absolute Gasteiger partial charge is 0.462 e. The van der Waals surface area contributed by atoms with Crippen molar-refractivity contribution in [3.8, 4) is 0 Å². The number of carbonyl (C=O) groups is 3. The molecule has 0 aliphatic carbocycles. The third kappa shape index (κ3) is 62.3. The van der Waals surface area contributed by atoms with Crippen molar-refractivity contribution in [1.29, 1.82) is 0 Å². The summed E-state index contributed by atoms with van der Waals surface area (Å²) in [7, 11) is 0. The quantitative estimate of drug-likeness (QED) is 0.0261. The molecular weight excluding hydrogens is 949 g/mol. The van der Waals surface area contributed by atoms with Crippen LogP contribution in [-0.4, -0.2) is 37.2 Å². The van der Waals surface area contributed by atoms with Gasteiger partial charge in [-0.1, -0.05) is 257 Å². The standard InChI is InChI=1S/C71H116O6/c1-4-7-10-13-16-19-22-25-28-30-32-34-35-37-38-40-43-46-49-52-55-58-61-64-70(73)76-67-68(66-75-69(72)63-60-57-54-51-48-45-42-27-24-21-18-15-12-9-6-3)77-71(74)65-62-59-56-53-50-47-44-41-39-36-33-31-29-26-23-20-17-14-11-8-5-2/h7-8,10-11,16-21,25-29,32-34,36-38,42,68H,4-6,9,12-15,22-24,30-31,35,39-41,43-67H2,1-3H3/b10-7-,11-8-,19-16-,20-17-,21-18-,28-25-,29-26-,34-32-,36-33-,38-37-,42-27-. The maximum atomic E-state index is 12.9. The Balaban J connectivity index is 4.44. The van der Waals surface area contributed by atoms with E-state index in [0.717, 1.165) is 154 Å². The molecule has 6 heteroatoms. The number of rotatable bonds is 56. The van der Waals surface area contributed by atoms with Crippen molar-refractivity contribution in [3.63, 3.8) is 0 Å². The molecule has 0 aromatic rings. The van der Waals surface area contributed by atoms with Crippen molar-refractivity contribution in [2.45, 2.75) is 284 Å². The van der Waals surface area contributed by atoms with Gasteiger partial charge in [0, 0.05) is 19.3 Å². The first kappa shape index (κ1) is 72.5. The lowest BCUT2D eigenvalue weighted by atomic mass is 10.1. The normalized spacial score (nSPS) is 13.0. The Bertz CT molecular complexity index is 1650. The molecule has 1 atom stereocenters. The molecule has 0 heterocycles. The maximum Gasteiger partial charge on any atom is 0.306 e. The Morgan fingerprint density at radius 2 is 0.506 bits per heavy atom. The molecule has 6 nitrogen and oxygen atoms in total. The number of carbonyl (C=O) groups excluding carboxylic acids is 3. The number of hydrogen-bond donors (Lipinski definition) is 0. The van der Waals surface area contributed by atoms with Crippen LogP contribution in [0.2, 0.25) is 0 Å². The van der Waals surface area contributed by atoms with Crippen LogP contribution < -0.4 is 0 Å². The molecule has 0 aromatic heterocycles. The van der Waals surface area contributed by atoms with Crippen LogP contribution in [0.4, 0.5) is 0 Å². The fourth-order valence-corrected chi connectivity index (χ4v) is 8.43. The van der Waals surface area contributed by atoms with E-state index >= 15 is 0 Å². The average molecular weight is 1070 g/mol. The SMILES string of the molecule is CC/C=C\C/C=C\C/C=C\C/C=C\C/C=C\CCCCCCCCCC(=O)OCC(COC(=O)CCCCCCC/C=C\C/C=C\CCCCC)OC(=O)CCCCCCCCCC/C=C\C/C=C\C/C=C\C/C=C\CC. The zero-order valence-corrected chi connectivity index (χ0v) is 49.9. The van der Waals surface area contributed by atoms with E-state index in [2.05, 4.69) is 154 Å². The smallest absolute Gasteiger partial charge is 0.306 e. The van der Waals surface area contributed by atoms with Crippen LogP contribution in [0.1, 0.15) is 278 Å².